The van der Waals surface area contributed by atoms with Crippen LogP contribution >= 0.6 is 0 Å². The first kappa shape index (κ1) is 34.1. The number of aromatic nitrogens is 4. The van der Waals surface area contributed by atoms with Gasteiger partial charge in [-0.2, -0.15) is 4.98 Å². The fourth-order valence-corrected chi connectivity index (χ4v) is 4.48. The van der Waals surface area contributed by atoms with Gasteiger partial charge in [0.05, 0.1) is 18.6 Å². The van der Waals surface area contributed by atoms with E-state index in [1.54, 1.807) is 42.5 Å². The van der Waals surface area contributed by atoms with E-state index < -0.39 is 20.4 Å². The molecule has 4 rings (SSSR count). The second-order valence-corrected chi connectivity index (χ2v) is 12.3. The Kier molecular flexibility index (Phi) is 11.1. The first-order valence-corrected chi connectivity index (χ1v) is 15.5. The summed E-state index contributed by atoms with van der Waals surface area (Å²) in [6, 6.07) is 15.0. The number of sulfonamides is 1. The Morgan fingerprint density at radius 1 is 0.886 bits per heavy atom. The van der Waals surface area contributed by atoms with E-state index in [0.717, 1.165) is 5.56 Å². The van der Waals surface area contributed by atoms with Crippen molar-refractivity contribution >= 4 is 26.2 Å². The average Bonchev–Trinajstić information content (AvgIpc) is 2.96. The van der Waals surface area contributed by atoms with Crippen LogP contribution in [0.3, 0.4) is 0 Å². The van der Waals surface area contributed by atoms with E-state index in [4.69, 9.17) is 31.7 Å². The fraction of sp³-hybridized carbons (Fsp3) is 0.259. The summed E-state index contributed by atoms with van der Waals surface area (Å²) in [5, 5.41) is 9.40. The molecule has 0 saturated heterocycles. The largest absolute Gasteiger partial charge is 0.726 e. The quantitative estimate of drug-likeness (QED) is 0.166. The van der Waals surface area contributed by atoms with Gasteiger partial charge in [-0.25, -0.2) is 31.8 Å². The molecule has 0 fully saturated rings. The number of anilines is 1. The van der Waals surface area contributed by atoms with Crippen molar-refractivity contribution in [3.05, 3.63) is 72.6 Å². The van der Waals surface area contributed by atoms with Crippen LogP contribution in [0.5, 0.6) is 23.1 Å². The SMILES string of the molecule is COc1ccccc1Oc1c(NS(=O)(=O)c2ccc(C(C)(C)C)cc2)nc(-c2ncccn2)nc1OCCO.O=S(=O)([O-])O. The predicted molar refractivity (Wildman–Crippen MR) is 157 cm³/mol. The van der Waals surface area contributed by atoms with Gasteiger partial charge in [0.1, 0.15) is 6.61 Å². The van der Waals surface area contributed by atoms with Gasteiger partial charge in [-0.3, -0.25) is 9.27 Å². The third-order valence-corrected chi connectivity index (χ3v) is 6.83. The van der Waals surface area contributed by atoms with Crippen molar-refractivity contribution in [2.45, 2.75) is 31.1 Å². The van der Waals surface area contributed by atoms with Crippen LogP contribution in [0.1, 0.15) is 26.3 Å². The Bertz CT molecular complexity index is 1760. The standard InChI is InChI=1S/C27H29N5O6S.H2O4S/c1-27(2,3)18-10-12-19(13-11-18)39(34,35)32-23-22(38-21-9-6-5-8-20(21)36-4)26(37-17-16-33)31-25(30-23)24-28-14-7-15-29-24;1-5(2,3)4/h5-15,33H,16-17H2,1-4H3,(H,30,31,32);(H2,1,2,3,4)/p-1. The van der Waals surface area contributed by atoms with Gasteiger partial charge in [0.15, 0.2) is 23.1 Å². The van der Waals surface area contributed by atoms with Crippen LogP contribution in [0.4, 0.5) is 5.82 Å². The average molecular weight is 649 g/mol. The summed E-state index contributed by atoms with van der Waals surface area (Å²) in [5.74, 6) is 0.271. The first-order valence-electron chi connectivity index (χ1n) is 12.7. The van der Waals surface area contributed by atoms with Crippen molar-refractivity contribution in [3.63, 3.8) is 0 Å². The number of para-hydroxylation sites is 2. The Labute approximate surface area is 254 Å². The first-order chi connectivity index (χ1) is 20.6. The number of nitrogens with zero attached hydrogens (tertiary/aromatic N) is 4. The monoisotopic (exact) mass is 648 g/mol. The molecular formula is C27H30N5O10S2-. The summed E-state index contributed by atoms with van der Waals surface area (Å²) < 4.78 is 79.4. The highest BCUT2D eigenvalue weighted by molar-refractivity contribution is 7.92. The van der Waals surface area contributed by atoms with Crippen molar-refractivity contribution < 1.29 is 45.3 Å². The zero-order valence-electron chi connectivity index (χ0n) is 24.0. The number of hydrogen-bond donors (Lipinski definition) is 3. The minimum atomic E-state index is -4.92. The van der Waals surface area contributed by atoms with Crippen LogP contribution in [0.2, 0.25) is 0 Å². The molecule has 0 saturated carbocycles. The molecule has 0 atom stereocenters. The molecule has 0 radical (unpaired) electrons. The van der Waals surface area contributed by atoms with Crippen molar-refractivity contribution in [2.75, 3.05) is 25.0 Å². The van der Waals surface area contributed by atoms with Crippen molar-refractivity contribution in [1.29, 1.82) is 0 Å². The second kappa shape index (κ2) is 14.4. The maximum atomic E-state index is 13.5. The van der Waals surface area contributed by atoms with Crippen LogP contribution in [0.15, 0.2) is 71.9 Å². The minimum Gasteiger partial charge on any atom is -0.726 e. The van der Waals surface area contributed by atoms with Gasteiger partial charge in [0.2, 0.25) is 22.0 Å². The summed E-state index contributed by atoms with van der Waals surface area (Å²) >= 11 is 0. The van der Waals surface area contributed by atoms with E-state index in [2.05, 4.69) is 24.7 Å². The minimum absolute atomic E-state index is 0.0169. The normalized spacial score (nSPS) is 11.6. The highest BCUT2D eigenvalue weighted by Gasteiger charge is 2.26. The summed E-state index contributed by atoms with van der Waals surface area (Å²) in [6.07, 6.45) is 3.00. The molecular weight excluding hydrogens is 618 g/mol. The number of methoxy groups -OCH3 is 1. The molecule has 2 aromatic carbocycles. The van der Waals surface area contributed by atoms with Gasteiger partial charge in [0.25, 0.3) is 15.9 Å². The Hall–Kier alpha value is -4.42. The number of aliphatic hydroxyl groups is 1. The Morgan fingerprint density at radius 3 is 2.02 bits per heavy atom. The zero-order valence-corrected chi connectivity index (χ0v) is 25.7. The molecule has 0 unspecified atom stereocenters. The molecule has 15 nitrogen and oxygen atoms in total. The second-order valence-electron chi connectivity index (χ2n) is 9.74. The van der Waals surface area contributed by atoms with Gasteiger partial charge in [-0.15, -0.1) is 0 Å². The molecule has 17 heteroatoms. The van der Waals surface area contributed by atoms with E-state index in [1.165, 1.54) is 31.6 Å². The van der Waals surface area contributed by atoms with E-state index in [-0.39, 0.29) is 58.4 Å². The number of aliphatic hydroxyl groups excluding tert-OH is 1. The van der Waals surface area contributed by atoms with Crippen LogP contribution in [-0.2, 0) is 25.8 Å². The maximum absolute atomic E-state index is 13.5. The van der Waals surface area contributed by atoms with Crippen LogP contribution < -0.4 is 18.9 Å². The summed E-state index contributed by atoms with van der Waals surface area (Å²) in [7, 11) is -7.58. The fourth-order valence-electron chi connectivity index (χ4n) is 3.48. The molecule has 0 aliphatic rings. The van der Waals surface area contributed by atoms with E-state index >= 15 is 0 Å². The van der Waals surface area contributed by atoms with Gasteiger partial charge in [-0.1, -0.05) is 45.0 Å². The van der Waals surface area contributed by atoms with Gasteiger partial charge in [-0.05, 0) is 41.3 Å². The summed E-state index contributed by atoms with van der Waals surface area (Å²) in [5.41, 5.74) is 0.827. The zero-order chi connectivity index (χ0) is 32.5. The Morgan fingerprint density at radius 2 is 1.48 bits per heavy atom. The van der Waals surface area contributed by atoms with Crippen LogP contribution in [0, 0.1) is 0 Å². The molecule has 44 heavy (non-hydrogen) atoms. The smallest absolute Gasteiger partial charge is 0.263 e. The van der Waals surface area contributed by atoms with Crippen LogP contribution in [0.25, 0.3) is 11.6 Å². The topological polar surface area (TPSA) is 223 Å². The summed E-state index contributed by atoms with van der Waals surface area (Å²) in [4.78, 5) is 17.1. The lowest BCUT2D eigenvalue weighted by molar-refractivity contribution is 0.192. The van der Waals surface area contributed by atoms with E-state index in [1.807, 2.05) is 20.8 Å². The highest BCUT2D eigenvalue weighted by Crippen LogP contribution is 2.41. The molecule has 0 bridgehead atoms. The Balaban J connectivity index is 0.000000978. The van der Waals surface area contributed by atoms with Gasteiger partial charge < -0.3 is 23.9 Å². The van der Waals surface area contributed by atoms with E-state index in [0.29, 0.717) is 5.75 Å². The van der Waals surface area contributed by atoms with E-state index in [9.17, 15) is 13.5 Å². The lowest BCUT2D eigenvalue weighted by Crippen LogP contribution is -2.17. The molecule has 0 spiro atoms. The number of benzene rings is 2. The number of hydrogen-bond acceptors (Lipinski definition) is 13. The highest BCUT2D eigenvalue weighted by atomic mass is 32.3. The lowest BCUT2D eigenvalue weighted by atomic mass is 9.87. The molecule has 3 N–H and O–H groups in total. The molecule has 236 valence electrons. The van der Waals surface area contributed by atoms with Crippen molar-refractivity contribution in [2.24, 2.45) is 0 Å². The molecule has 0 aliphatic heterocycles. The van der Waals surface area contributed by atoms with Crippen LogP contribution in [-0.4, -0.2) is 71.3 Å². The van der Waals surface area contributed by atoms with Gasteiger partial charge in [0, 0.05) is 12.4 Å². The number of rotatable bonds is 10. The molecule has 2 heterocycles. The third-order valence-electron chi connectivity index (χ3n) is 5.47. The number of nitrogens with one attached hydrogen (secondary N) is 1. The number of ether oxygens (including phenoxy) is 3. The molecule has 4 aromatic rings. The maximum Gasteiger partial charge on any atom is 0.263 e. The predicted octanol–water partition coefficient (Wildman–Crippen LogP) is 3.21. The van der Waals surface area contributed by atoms with Gasteiger partial charge >= 0.3 is 0 Å². The van der Waals surface area contributed by atoms with Crippen molar-refractivity contribution in [3.8, 4) is 34.8 Å². The molecule has 0 aliphatic carbocycles. The molecule has 0 amide bonds. The molecule has 2 aromatic heterocycles. The third kappa shape index (κ3) is 9.81. The lowest BCUT2D eigenvalue weighted by Gasteiger charge is -2.20. The van der Waals surface area contributed by atoms with Crippen molar-refractivity contribution in [1.82, 2.24) is 19.9 Å². The summed E-state index contributed by atoms with van der Waals surface area (Å²) in [6.45, 7) is 5.65.